The van der Waals surface area contributed by atoms with Crippen molar-refractivity contribution >= 4 is 15.9 Å². The minimum absolute atomic E-state index is 0.530. The summed E-state index contributed by atoms with van der Waals surface area (Å²) >= 11 is 3.87. The zero-order valence-electron chi connectivity index (χ0n) is 10.1. The van der Waals surface area contributed by atoms with Crippen molar-refractivity contribution in [2.24, 2.45) is 11.3 Å². The number of hydrogen-bond donors (Lipinski definition) is 0. The van der Waals surface area contributed by atoms with Crippen LogP contribution in [0.3, 0.4) is 0 Å². The average Bonchev–Trinajstić information content (AvgIpc) is 3.13. The Morgan fingerprint density at radius 3 is 2.50 bits per heavy atom. The lowest BCUT2D eigenvalue weighted by Crippen LogP contribution is -2.56. The normalized spacial score (nSPS) is 37.3. The Morgan fingerprint density at radius 2 is 1.88 bits per heavy atom. The molecule has 0 saturated heterocycles. The van der Waals surface area contributed by atoms with E-state index in [1.54, 1.807) is 0 Å². The van der Waals surface area contributed by atoms with Crippen LogP contribution < -0.4 is 0 Å². The fraction of sp³-hybridized carbons (Fsp3) is 1.00. The van der Waals surface area contributed by atoms with E-state index in [4.69, 9.17) is 4.74 Å². The second-order valence-corrected chi connectivity index (χ2v) is 7.19. The van der Waals surface area contributed by atoms with E-state index < -0.39 is 0 Å². The number of halogens is 1. The second kappa shape index (κ2) is 4.61. The van der Waals surface area contributed by atoms with Crippen LogP contribution in [0.25, 0.3) is 0 Å². The van der Waals surface area contributed by atoms with Gasteiger partial charge in [0.1, 0.15) is 0 Å². The summed E-state index contributed by atoms with van der Waals surface area (Å²) in [6.45, 7) is 1.02. The smallest absolute Gasteiger partial charge is 0.0652 e. The van der Waals surface area contributed by atoms with E-state index in [1.807, 2.05) is 0 Å². The van der Waals surface area contributed by atoms with Gasteiger partial charge in [-0.2, -0.15) is 0 Å². The molecule has 3 rings (SSSR count). The first-order chi connectivity index (χ1) is 7.81. The van der Waals surface area contributed by atoms with Gasteiger partial charge in [0, 0.05) is 16.8 Å². The molecule has 3 aliphatic rings. The molecule has 0 bridgehead atoms. The molecule has 0 aromatic heterocycles. The monoisotopic (exact) mass is 286 g/mol. The first kappa shape index (κ1) is 11.5. The Hall–Kier alpha value is 0.440. The van der Waals surface area contributed by atoms with E-state index in [0.717, 1.165) is 17.4 Å². The van der Waals surface area contributed by atoms with Crippen LogP contribution in [0.2, 0.25) is 0 Å². The Morgan fingerprint density at radius 1 is 1.12 bits per heavy atom. The standard InChI is InChI=1S/C14H23BrO/c15-12-10-13(16-9-6-11-4-5-11)14(12)7-2-1-3-8-14/h11-13H,1-10H2. The molecule has 0 aromatic carbocycles. The summed E-state index contributed by atoms with van der Waals surface area (Å²) in [5.74, 6) is 1.02. The summed E-state index contributed by atoms with van der Waals surface area (Å²) < 4.78 is 6.16. The Kier molecular flexibility index (Phi) is 3.32. The topological polar surface area (TPSA) is 9.23 Å². The minimum atomic E-state index is 0.530. The maximum absolute atomic E-state index is 6.16. The van der Waals surface area contributed by atoms with Crippen LogP contribution in [0.4, 0.5) is 0 Å². The van der Waals surface area contributed by atoms with Crippen molar-refractivity contribution in [2.75, 3.05) is 6.61 Å². The average molecular weight is 287 g/mol. The molecule has 92 valence electrons. The van der Waals surface area contributed by atoms with Gasteiger partial charge in [0.2, 0.25) is 0 Å². The predicted octanol–water partition coefficient (Wildman–Crippen LogP) is 4.29. The highest BCUT2D eigenvalue weighted by Crippen LogP contribution is 2.56. The third-order valence-corrected chi connectivity index (χ3v) is 6.30. The first-order valence-corrected chi connectivity index (χ1v) is 7.98. The molecule has 1 spiro atoms. The Labute approximate surface area is 107 Å². The van der Waals surface area contributed by atoms with Gasteiger partial charge in [0.05, 0.1) is 6.10 Å². The van der Waals surface area contributed by atoms with Gasteiger partial charge in [-0.05, 0) is 31.6 Å². The molecule has 3 fully saturated rings. The van der Waals surface area contributed by atoms with Crippen LogP contribution in [0.5, 0.6) is 0 Å². The Balaban J connectivity index is 1.49. The van der Waals surface area contributed by atoms with Gasteiger partial charge >= 0.3 is 0 Å². The lowest BCUT2D eigenvalue weighted by atomic mass is 9.58. The zero-order chi connectivity index (χ0) is 11.0. The van der Waals surface area contributed by atoms with Crippen LogP contribution in [0.1, 0.15) is 57.8 Å². The fourth-order valence-corrected chi connectivity index (χ4v) is 4.65. The predicted molar refractivity (Wildman–Crippen MR) is 69.9 cm³/mol. The van der Waals surface area contributed by atoms with Gasteiger partial charge in [-0.3, -0.25) is 0 Å². The van der Waals surface area contributed by atoms with Gasteiger partial charge in [-0.1, -0.05) is 48.0 Å². The minimum Gasteiger partial charge on any atom is -0.378 e. The highest BCUT2D eigenvalue weighted by Gasteiger charge is 2.54. The van der Waals surface area contributed by atoms with Crippen LogP contribution in [-0.4, -0.2) is 17.5 Å². The molecule has 0 amide bonds. The van der Waals surface area contributed by atoms with E-state index in [9.17, 15) is 0 Å². The van der Waals surface area contributed by atoms with Gasteiger partial charge in [-0.15, -0.1) is 0 Å². The van der Waals surface area contributed by atoms with Crippen LogP contribution in [0.15, 0.2) is 0 Å². The molecule has 0 aromatic rings. The van der Waals surface area contributed by atoms with Crippen molar-refractivity contribution in [3.05, 3.63) is 0 Å². The lowest BCUT2D eigenvalue weighted by Gasteiger charge is -2.55. The quantitative estimate of drug-likeness (QED) is 0.701. The van der Waals surface area contributed by atoms with Crippen molar-refractivity contribution in [2.45, 2.75) is 68.7 Å². The lowest BCUT2D eigenvalue weighted by molar-refractivity contribution is -0.121. The Bertz CT molecular complexity index is 243. The molecule has 1 nitrogen and oxygen atoms in total. The molecule has 0 N–H and O–H groups in total. The maximum atomic E-state index is 6.16. The SMILES string of the molecule is BrC1CC(OCCC2CC2)C12CCCCC2. The van der Waals surface area contributed by atoms with Gasteiger partial charge in [0.25, 0.3) is 0 Å². The van der Waals surface area contributed by atoms with Crippen molar-refractivity contribution in [1.29, 1.82) is 0 Å². The van der Waals surface area contributed by atoms with E-state index in [-0.39, 0.29) is 0 Å². The molecule has 2 heteroatoms. The van der Waals surface area contributed by atoms with Crippen molar-refractivity contribution in [3.63, 3.8) is 0 Å². The maximum Gasteiger partial charge on any atom is 0.0652 e. The fourth-order valence-electron chi connectivity index (χ4n) is 3.56. The molecule has 0 radical (unpaired) electrons. The largest absolute Gasteiger partial charge is 0.378 e. The van der Waals surface area contributed by atoms with E-state index in [2.05, 4.69) is 15.9 Å². The third kappa shape index (κ3) is 2.08. The molecular weight excluding hydrogens is 264 g/mol. The summed E-state index contributed by atoms with van der Waals surface area (Å²) in [5, 5.41) is 0. The molecule has 0 heterocycles. The summed E-state index contributed by atoms with van der Waals surface area (Å²) in [5.41, 5.74) is 0.530. The first-order valence-electron chi connectivity index (χ1n) is 7.07. The molecule has 2 atom stereocenters. The van der Waals surface area contributed by atoms with Crippen molar-refractivity contribution in [3.8, 4) is 0 Å². The molecule has 3 aliphatic carbocycles. The summed E-state index contributed by atoms with van der Waals surface area (Å²) in [6.07, 6.45) is 13.2. The molecule has 3 saturated carbocycles. The van der Waals surface area contributed by atoms with Crippen molar-refractivity contribution in [1.82, 2.24) is 0 Å². The third-order valence-electron chi connectivity index (χ3n) is 5.01. The summed E-state index contributed by atoms with van der Waals surface area (Å²) in [6, 6.07) is 0. The number of ether oxygens (including phenoxy) is 1. The van der Waals surface area contributed by atoms with E-state index in [1.165, 1.54) is 57.8 Å². The van der Waals surface area contributed by atoms with E-state index in [0.29, 0.717) is 11.5 Å². The molecule has 2 unspecified atom stereocenters. The number of hydrogen-bond acceptors (Lipinski definition) is 1. The van der Waals surface area contributed by atoms with Gasteiger partial charge < -0.3 is 4.74 Å². The molecule has 16 heavy (non-hydrogen) atoms. The van der Waals surface area contributed by atoms with Gasteiger partial charge in [0.15, 0.2) is 0 Å². The summed E-state index contributed by atoms with van der Waals surface area (Å²) in [4.78, 5) is 0.742. The highest BCUT2D eigenvalue weighted by atomic mass is 79.9. The summed E-state index contributed by atoms with van der Waals surface area (Å²) in [7, 11) is 0. The number of rotatable bonds is 4. The van der Waals surface area contributed by atoms with Crippen LogP contribution in [0, 0.1) is 11.3 Å². The van der Waals surface area contributed by atoms with Gasteiger partial charge in [-0.25, -0.2) is 0 Å². The van der Waals surface area contributed by atoms with Crippen molar-refractivity contribution < 1.29 is 4.74 Å². The van der Waals surface area contributed by atoms with Crippen LogP contribution in [-0.2, 0) is 4.74 Å². The van der Waals surface area contributed by atoms with Crippen LogP contribution >= 0.6 is 15.9 Å². The number of alkyl halides is 1. The van der Waals surface area contributed by atoms with E-state index >= 15 is 0 Å². The molecule has 0 aliphatic heterocycles. The second-order valence-electron chi connectivity index (χ2n) is 6.09. The highest BCUT2D eigenvalue weighted by molar-refractivity contribution is 9.09. The molecular formula is C14H23BrO. The zero-order valence-corrected chi connectivity index (χ0v) is 11.7.